The van der Waals surface area contributed by atoms with Crippen molar-refractivity contribution in [1.29, 1.82) is 0 Å². The van der Waals surface area contributed by atoms with Crippen LogP contribution in [0.1, 0.15) is 43.5 Å². The molecule has 0 spiro atoms. The number of unbranched alkanes of at least 4 members (excludes halogenated alkanes) is 1. The fourth-order valence-electron chi connectivity index (χ4n) is 1.87. The molecule has 136 valence electrons. The van der Waals surface area contributed by atoms with Crippen LogP contribution in [0.5, 0.6) is 0 Å². The molecule has 6 nitrogen and oxygen atoms in total. The Hall–Kier alpha value is -0.960. The zero-order chi connectivity index (χ0) is 18.0. The molecule has 0 aliphatic carbocycles. The number of sulfonamides is 1. The molecule has 0 saturated heterocycles. The molecule has 0 fully saturated rings. The molecule has 8 heteroatoms. The Labute approximate surface area is 152 Å². The lowest BCUT2D eigenvalue weighted by Gasteiger charge is -2.10. The third-order valence-electron chi connectivity index (χ3n) is 3.13. The molecule has 0 aliphatic heterocycles. The van der Waals surface area contributed by atoms with Gasteiger partial charge in [0.05, 0.1) is 17.1 Å². The van der Waals surface area contributed by atoms with E-state index in [9.17, 15) is 13.2 Å². The summed E-state index contributed by atoms with van der Waals surface area (Å²) in [5.74, 6) is -0.487. The first-order valence-electron chi connectivity index (χ1n) is 7.96. The van der Waals surface area contributed by atoms with Gasteiger partial charge in [-0.3, -0.25) is 0 Å². The van der Waals surface area contributed by atoms with Crippen molar-refractivity contribution in [3.8, 4) is 0 Å². The van der Waals surface area contributed by atoms with Crippen LogP contribution in [-0.2, 0) is 19.5 Å². The summed E-state index contributed by atoms with van der Waals surface area (Å²) in [6.07, 6.45) is 2.68. The molecule has 1 rings (SSSR count). The van der Waals surface area contributed by atoms with Crippen molar-refractivity contribution in [3.05, 3.63) is 28.2 Å². The predicted molar refractivity (Wildman–Crippen MR) is 95.6 cm³/mol. The van der Waals surface area contributed by atoms with Crippen LogP contribution in [0.3, 0.4) is 0 Å². The third kappa shape index (κ3) is 6.88. The van der Waals surface area contributed by atoms with Gasteiger partial charge < -0.3 is 9.47 Å². The number of ether oxygens (including phenoxy) is 2. The average molecular weight is 422 g/mol. The zero-order valence-electron chi connectivity index (χ0n) is 14.0. The molecule has 24 heavy (non-hydrogen) atoms. The van der Waals surface area contributed by atoms with E-state index in [0.717, 1.165) is 12.8 Å². The van der Waals surface area contributed by atoms with Gasteiger partial charge in [0, 0.05) is 24.2 Å². The van der Waals surface area contributed by atoms with E-state index in [1.807, 2.05) is 0 Å². The maximum absolute atomic E-state index is 12.3. The van der Waals surface area contributed by atoms with Crippen molar-refractivity contribution in [3.63, 3.8) is 0 Å². The normalized spacial score (nSPS) is 11.5. The summed E-state index contributed by atoms with van der Waals surface area (Å²) in [6, 6.07) is 4.27. The summed E-state index contributed by atoms with van der Waals surface area (Å²) < 4.78 is 37.7. The highest BCUT2D eigenvalue weighted by Gasteiger charge is 2.19. The smallest absolute Gasteiger partial charge is 0.338 e. The Balaban J connectivity index is 2.59. The molecular weight excluding hydrogens is 398 g/mol. The zero-order valence-corrected chi connectivity index (χ0v) is 16.4. The largest absolute Gasteiger partial charge is 0.462 e. The topological polar surface area (TPSA) is 81.7 Å². The third-order valence-corrected chi connectivity index (χ3v) is 5.57. The molecular formula is C16H24BrNO5S. The quantitative estimate of drug-likeness (QED) is 0.438. The Kier molecular flexibility index (Phi) is 9.50. The van der Waals surface area contributed by atoms with Gasteiger partial charge in [-0.05, 0) is 53.9 Å². The second-order valence-corrected chi connectivity index (χ2v) is 7.67. The number of halogens is 1. The second kappa shape index (κ2) is 10.8. The summed E-state index contributed by atoms with van der Waals surface area (Å²) >= 11 is 3.20. The minimum atomic E-state index is -3.65. The lowest BCUT2D eigenvalue weighted by Crippen LogP contribution is -2.26. The molecule has 0 aromatic heterocycles. The summed E-state index contributed by atoms with van der Waals surface area (Å²) in [6.45, 7) is 5.57. The molecule has 0 heterocycles. The first kappa shape index (κ1) is 21.1. The fourth-order valence-corrected chi connectivity index (χ4v) is 4.02. The summed E-state index contributed by atoms with van der Waals surface area (Å²) in [7, 11) is -3.65. The average Bonchev–Trinajstić information content (AvgIpc) is 2.53. The minimum absolute atomic E-state index is 0.0856. The molecule has 0 saturated carbocycles. The van der Waals surface area contributed by atoms with Gasteiger partial charge in [-0.25, -0.2) is 17.9 Å². The van der Waals surface area contributed by atoms with Crippen LogP contribution < -0.4 is 4.72 Å². The van der Waals surface area contributed by atoms with Gasteiger partial charge in [0.2, 0.25) is 10.0 Å². The van der Waals surface area contributed by atoms with Gasteiger partial charge in [0.25, 0.3) is 0 Å². The highest BCUT2D eigenvalue weighted by atomic mass is 79.9. The van der Waals surface area contributed by atoms with Crippen LogP contribution >= 0.6 is 15.9 Å². The number of hydrogen-bond donors (Lipinski definition) is 1. The minimum Gasteiger partial charge on any atom is -0.462 e. The van der Waals surface area contributed by atoms with Crippen LogP contribution in [0.2, 0.25) is 0 Å². The van der Waals surface area contributed by atoms with Crippen LogP contribution in [0, 0.1) is 0 Å². The van der Waals surface area contributed by atoms with Gasteiger partial charge in [-0.1, -0.05) is 13.3 Å². The number of esters is 1. The SMILES string of the molecule is CCCCOCCCNS(=O)(=O)c1ccc(C(=O)OCC)cc1Br. The van der Waals surface area contributed by atoms with Crippen LogP contribution in [0.4, 0.5) is 0 Å². The van der Waals surface area contributed by atoms with E-state index in [1.165, 1.54) is 18.2 Å². The summed E-state index contributed by atoms with van der Waals surface area (Å²) in [4.78, 5) is 11.7. The van der Waals surface area contributed by atoms with E-state index >= 15 is 0 Å². The predicted octanol–water partition coefficient (Wildman–Crippen LogP) is 3.11. The van der Waals surface area contributed by atoms with Gasteiger partial charge in [-0.2, -0.15) is 0 Å². The lowest BCUT2D eigenvalue weighted by molar-refractivity contribution is 0.0526. The monoisotopic (exact) mass is 421 g/mol. The first-order chi connectivity index (χ1) is 11.4. The van der Waals surface area contributed by atoms with E-state index in [0.29, 0.717) is 36.2 Å². The van der Waals surface area contributed by atoms with Crippen LogP contribution in [-0.4, -0.2) is 40.8 Å². The molecule has 0 unspecified atom stereocenters. The van der Waals surface area contributed by atoms with E-state index < -0.39 is 16.0 Å². The number of nitrogens with one attached hydrogen (secondary N) is 1. The van der Waals surface area contributed by atoms with Gasteiger partial charge in [0.1, 0.15) is 0 Å². The molecule has 1 aromatic rings. The van der Waals surface area contributed by atoms with Crippen molar-refractivity contribution < 1.29 is 22.7 Å². The van der Waals surface area contributed by atoms with E-state index in [2.05, 4.69) is 27.6 Å². The van der Waals surface area contributed by atoms with Gasteiger partial charge in [-0.15, -0.1) is 0 Å². The summed E-state index contributed by atoms with van der Waals surface area (Å²) in [5, 5.41) is 0. The fraction of sp³-hybridized carbons (Fsp3) is 0.562. The van der Waals surface area contributed by atoms with Gasteiger partial charge in [0.15, 0.2) is 0 Å². The highest BCUT2D eigenvalue weighted by Crippen LogP contribution is 2.23. The Bertz CT molecular complexity index is 633. The number of benzene rings is 1. The van der Waals surface area contributed by atoms with Gasteiger partial charge >= 0.3 is 5.97 Å². The maximum Gasteiger partial charge on any atom is 0.338 e. The molecule has 1 aromatic carbocycles. The van der Waals surface area contributed by atoms with Crippen LogP contribution in [0.25, 0.3) is 0 Å². The summed E-state index contributed by atoms with van der Waals surface area (Å²) in [5.41, 5.74) is 0.298. The Morgan fingerprint density at radius 2 is 1.92 bits per heavy atom. The molecule has 0 amide bonds. The second-order valence-electron chi connectivity index (χ2n) is 5.08. The Morgan fingerprint density at radius 3 is 2.54 bits per heavy atom. The van der Waals surface area contributed by atoms with E-state index in [-0.39, 0.29) is 11.5 Å². The van der Waals surface area contributed by atoms with Crippen molar-refractivity contribution in [1.82, 2.24) is 4.72 Å². The molecule has 0 bridgehead atoms. The van der Waals surface area contributed by atoms with Crippen LogP contribution in [0.15, 0.2) is 27.6 Å². The van der Waals surface area contributed by atoms with E-state index in [1.54, 1.807) is 6.92 Å². The first-order valence-corrected chi connectivity index (χ1v) is 10.2. The highest BCUT2D eigenvalue weighted by molar-refractivity contribution is 9.10. The number of carbonyl (C=O) groups excluding carboxylic acids is 1. The molecule has 0 radical (unpaired) electrons. The van der Waals surface area contributed by atoms with Crippen molar-refractivity contribution >= 4 is 31.9 Å². The lowest BCUT2D eigenvalue weighted by atomic mass is 10.2. The maximum atomic E-state index is 12.3. The van der Waals surface area contributed by atoms with Crippen molar-refractivity contribution in [2.45, 2.75) is 38.0 Å². The standard InChI is InChI=1S/C16H24BrNO5S/c1-3-5-10-22-11-6-9-18-24(20,21)15-8-7-13(12-14(15)17)16(19)23-4-2/h7-8,12,18H,3-6,9-11H2,1-2H3. The number of carbonyl (C=O) groups is 1. The Morgan fingerprint density at radius 1 is 1.21 bits per heavy atom. The van der Waals surface area contributed by atoms with Crippen molar-refractivity contribution in [2.24, 2.45) is 0 Å². The molecule has 0 atom stereocenters. The number of rotatable bonds is 11. The van der Waals surface area contributed by atoms with E-state index in [4.69, 9.17) is 9.47 Å². The number of hydrogen-bond acceptors (Lipinski definition) is 5. The molecule has 1 N–H and O–H groups in total. The molecule has 0 aliphatic rings. The van der Waals surface area contributed by atoms with Crippen molar-refractivity contribution in [2.75, 3.05) is 26.4 Å².